The summed E-state index contributed by atoms with van der Waals surface area (Å²) in [5.74, 6) is -1.28. The first-order valence-electron chi connectivity index (χ1n) is 11.2. The highest BCUT2D eigenvalue weighted by molar-refractivity contribution is 6.33. The first-order valence-corrected chi connectivity index (χ1v) is 11.6. The number of alkyl halides is 3. The fourth-order valence-corrected chi connectivity index (χ4v) is 4.41. The van der Waals surface area contributed by atoms with E-state index in [1.165, 1.54) is 0 Å². The van der Waals surface area contributed by atoms with Crippen molar-refractivity contribution < 1.29 is 32.3 Å². The van der Waals surface area contributed by atoms with Crippen LogP contribution < -0.4 is 10.6 Å². The lowest BCUT2D eigenvalue weighted by Crippen LogP contribution is -2.16. The molecular weight excluding hydrogens is 501 g/mol. The number of amides is 1. The van der Waals surface area contributed by atoms with Gasteiger partial charge < -0.3 is 20.2 Å². The molecular formula is C24H22ClF3N4O4. The van der Waals surface area contributed by atoms with Crippen LogP contribution in [0.5, 0.6) is 0 Å². The van der Waals surface area contributed by atoms with Gasteiger partial charge in [-0.3, -0.25) is 9.59 Å². The van der Waals surface area contributed by atoms with Gasteiger partial charge in [0.15, 0.2) is 0 Å². The number of nitrogens with one attached hydrogen (secondary N) is 2. The third-order valence-electron chi connectivity index (χ3n) is 6.10. The van der Waals surface area contributed by atoms with E-state index < -0.39 is 23.6 Å². The molecule has 2 aromatic carbocycles. The number of hydrogen-bond acceptors (Lipinski definition) is 6. The van der Waals surface area contributed by atoms with Gasteiger partial charge in [-0.1, -0.05) is 28.8 Å². The largest absolute Gasteiger partial charge is 0.481 e. The molecule has 1 heterocycles. The van der Waals surface area contributed by atoms with Crippen molar-refractivity contribution in [2.24, 2.45) is 5.92 Å². The summed E-state index contributed by atoms with van der Waals surface area (Å²) >= 11 is 5.95. The molecule has 190 valence electrons. The SMILES string of the molecule is O=C(O)CC1CCC(c2ccc(NC(=O)c3nnc(Nc4cc(C(F)(F)F)ccc4Cl)o3)cc2)CC1. The molecule has 0 atom stereocenters. The molecule has 0 unspecified atom stereocenters. The second kappa shape index (κ2) is 10.6. The number of aliphatic carboxylic acids is 1. The third kappa shape index (κ3) is 6.34. The molecule has 1 aromatic heterocycles. The van der Waals surface area contributed by atoms with Crippen LogP contribution in [0.15, 0.2) is 46.9 Å². The quantitative estimate of drug-likeness (QED) is 0.325. The smallest absolute Gasteiger partial charge is 0.416 e. The van der Waals surface area contributed by atoms with E-state index in [2.05, 4.69) is 20.8 Å². The molecule has 3 aromatic rings. The fraction of sp³-hybridized carbons (Fsp3) is 0.333. The molecule has 1 fully saturated rings. The summed E-state index contributed by atoms with van der Waals surface area (Å²) in [6, 6.07) is 9.74. The highest BCUT2D eigenvalue weighted by Crippen LogP contribution is 2.37. The number of carboxylic acids is 1. The average molecular weight is 523 g/mol. The zero-order chi connectivity index (χ0) is 25.9. The summed E-state index contributed by atoms with van der Waals surface area (Å²) < 4.78 is 44.1. The lowest BCUT2D eigenvalue weighted by Gasteiger charge is -2.28. The van der Waals surface area contributed by atoms with Crippen molar-refractivity contribution in [2.75, 3.05) is 10.6 Å². The molecule has 3 N–H and O–H groups in total. The minimum Gasteiger partial charge on any atom is -0.481 e. The Hall–Kier alpha value is -3.60. The van der Waals surface area contributed by atoms with Crippen LogP contribution in [0.4, 0.5) is 30.6 Å². The number of anilines is 3. The highest BCUT2D eigenvalue weighted by Gasteiger charge is 2.31. The van der Waals surface area contributed by atoms with Crippen LogP contribution in [-0.2, 0) is 11.0 Å². The van der Waals surface area contributed by atoms with Crippen molar-refractivity contribution in [1.29, 1.82) is 0 Å². The lowest BCUT2D eigenvalue weighted by atomic mass is 9.77. The normalized spacial score (nSPS) is 18.0. The van der Waals surface area contributed by atoms with Crippen LogP contribution in [0, 0.1) is 5.92 Å². The number of rotatable bonds is 7. The molecule has 8 nitrogen and oxygen atoms in total. The summed E-state index contributed by atoms with van der Waals surface area (Å²) in [6.45, 7) is 0. The van der Waals surface area contributed by atoms with E-state index in [9.17, 15) is 22.8 Å². The highest BCUT2D eigenvalue weighted by atomic mass is 35.5. The van der Waals surface area contributed by atoms with E-state index in [-0.39, 0.29) is 35.0 Å². The van der Waals surface area contributed by atoms with Crippen LogP contribution >= 0.6 is 11.6 Å². The number of carbonyl (C=O) groups excluding carboxylic acids is 1. The van der Waals surface area contributed by atoms with Crippen LogP contribution in [0.1, 0.15) is 59.8 Å². The molecule has 1 aliphatic rings. The van der Waals surface area contributed by atoms with Crippen LogP contribution in [-0.4, -0.2) is 27.2 Å². The molecule has 36 heavy (non-hydrogen) atoms. The van der Waals surface area contributed by atoms with Gasteiger partial charge in [0.1, 0.15) is 0 Å². The number of hydrogen-bond donors (Lipinski definition) is 3. The van der Waals surface area contributed by atoms with Crippen molar-refractivity contribution in [1.82, 2.24) is 10.2 Å². The van der Waals surface area contributed by atoms with E-state index in [1.54, 1.807) is 12.1 Å². The van der Waals surface area contributed by atoms with Gasteiger partial charge in [0.2, 0.25) is 0 Å². The van der Waals surface area contributed by atoms with Gasteiger partial charge in [-0.2, -0.15) is 13.2 Å². The second-order valence-electron chi connectivity index (χ2n) is 8.62. The van der Waals surface area contributed by atoms with Crippen LogP contribution in [0.2, 0.25) is 5.02 Å². The summed E-state index contributed by atoms with van der Waals surface area (Å²) in [6.07, 6.45) is -0.786. The Bertz CT molecular complexity index is 1240. The van der Waals surface area contributed by atoms with Crippen LogP contribution in [0.25, 0.3) is 0 Å². The molecule has 0 radical (unpaired) electrons. The molecule has 0 bridgehead atoms. The molecule has 1 saturated carbocycles. The molecule has 1 amide bonds. The van der Waals surface area contributed by atoms with E-state index in [0.29, 0.717) is 11.6 Å². The number of benzene rings is 2. The van der Waals surface area contributed by atoms with E-state index >= 15 is 0 Å². The predicted octanol–water partition coefficient (Wildman–Crippen LogP) is 6.49. The first-order chi connectivity index (χ1) is 17.1. The molecule has 0 saturated heterocycles. The fourth-order valence-electron chi connectivity index (χ4n) is 4.25. The predicted molar refractivity (Wildman–Crippen MR) is 125 cm³/mol. The summed E-state index contributed by atoms with van der Waals surface area (Å²) in [7, 11) is 0. The number of halogens is 4. The maximum Gasteiger partial charge on any atom is 0.416 e. The molecule has 4 rings (SSSR count). The lowest BCUT2D eigenvalue weighted by molar-refractivity contribution is -0.139. The topological polar surface area (TPSA) is 117 Å². The van der Waals surface area contributed by atoms with Crippen molar-refractivity contribution >= 4 is 40.9 Å². The van der Waals surface area contributed by atoms with E-state index in [1.807, 2.05) is 12.1 Å². The molecule has 0 aliphatic heterocycles. The number of carboxylic acid groups (broad SMARTS) is 1. The van der Waals surface area contributed by atoms with E-state index in [4.69, 9.17) is 21.1 Å². The Kier molecular flexibility index (Phi) is 7.48. The zero-order valence-electron chi connectivity index (χ0n) is 18.8. The first kappa shape index (κ1) is 25.5. The average Bonchev–Trinajstić information content (AvgIpc) is 3.29. The molecule has 12 heteroatoms. The Morgan fingerprint density at radius 2 is 1.75 bits per heavy atom. The Morgan fingerprint density at radius 3 is 2.39 bits per heavy atom. The van der Waals surface area contributed by atoms with Gasteiger partial charge >= 0.3 is 30.0 Å². The van der Waals surface area contributed by atoms with Gasteiger partial charge in [0, 0.05) is 12.1 Å². The zero-order valence-corrected chi connectivity index (χ0v) is 19.6. The minimum atomic E-state index is -4.56. The minimum absolute atomic E-state index is 0.00247. The van der Waals surface area contributed by atoms with Crippen molar-refractivity contribution in [2.45, 2.75) is 44.2 Å². The molecule has 1 aliphatic carbocycles. The number of aromatic nitrogens is 2. The van der Waals surface area contributed by atoms with Gasteiger partial charge in [0.25, 0.3) is 0 Å². The standard InChI is InChI=1S/C24H22ClF3N4O4/c25-18-10-7-16(24(26,27)28)12-19(18)30-23-32-31-22(36-23)21(35)29-17-8-5-15(6-9-17)14-3-1-13(2-4-14)11-20(33)34/h5-10,12-14H,1-4,11H2,(H,29,35)(H,30,32)(H,33,34). The van der Waals surface area contributed by atoms with Gasteiger partial charge in [0.05, 0.1) is 16.3 Å². The summed E-state index contributed by atoms with van der Waals surface area (Å²) in [5, 5.41) is 21.4. The van der Waals surface area contributed by atoms with Crippen molar-refractivity contribution in [3.8, 4) is 0 Å². The van der Waals surface area contributed by atoms with Gasteiger partial charge in [-0.05, 0) is 73.4 Å². The maximum absolute atomic E-state index is 12.9. The van der Waals surface area contributed by atoms with Gasteiger partial charge in [-0.25, -0.2) is 0 Å². The van der Waals surface area contributed by atoms with Crippen molar-refractivity contribution in [3.63, 3.8) is 0 Å². The van der Waals surface area contributed by atoms with Crippen LogP contribution in [0.3, 0.4) is 0 Å². The summed E-state index contributed by atoms with van der Waals surface area (Å²) in [5.41, 5.74) is 0.597. The Balaban J connectivity index is 1.35. The molecule has 0 spiro atoms. The maximum atomic E-state index is 12.9. The Morgan fingerprint density at radius 1 is 1.06 bits per heavy atom. The third-order valence-corrected chi connectivity index (χ3v) is 6.43. The second-order valence-corrected chi connectivity index (χ2v) is 9.03. The Labute approximate surface area is 208 Å². The monoisotopic (exact) mass is 522 g/mol. The van der Waals surface area contributed by atoms with Crippen molar-refractivity contribution in [3.05, 3.63) is 64.5 Å². The van der Waals surface area contributed by atoms with Gasteiger partial charge in [-0.15, -0.1) is 5.10 Å². The number of nitrogens with zero attached hydrogens (tertiary/aromatic N) is 2. The number of carbonyl (C=O) groups is 2. The summed E-state index contributed by atoms with van der Waals surface area (Å²) in [4.78, 5) is 23.4. The van der Waals surface area contributed by atoms with E-state index in [0.717, 1.165) is 49.4 Å².